The number of para-hydroxylation sites is 1. The van der Waals surface area contributed by atoms with Crippen molar-refractivity contribution in [2.45, 2.75) is 25.5 Å². The smallest absolute Gasteiger partial charge is 0.408 e. The molecule has 0 aliphatic heterocycles. The second-order valence-electron chi connectivity index (χ2n) is 7.95. The first-order chi connectivity index (χ1) is 15.6. The van der Waals surface area contributed by atoms with Crippen molar-refractivity contribution in [2.75, 3.05) is 0 Å². The molecule has 1 heterocycles. The van der Waals surface area contributed by atoms with Crippen LogP contribution in [-0.2, 0) is 29.0 Å². The van der Waals surface area contributed by atoms with Gasteiger partial charge in [-0.15, -0.1) is 0 Å². The molecule has 32 heavy (non-hydrogen) atoms. The van der Waals surface area contributed by atoms with E-state index in [0.717, 1.165) is 39.6 Å². The van der Waals surface area contributed by atoms with Gasteiger partial charge in [-0.05, 0) is 45.9 Å². The highest BCUT2D eigenvalue weighted by molar-refractivity contribution is 5.85. The highest BCUT2D eigenvalue weighted by atomic mass is 16.5. The number of carboxylic acids is 1. The molecule has 1 aromatic heterocycles. The number of fused-ring (bicyclic) bond motifs is 4. The Morgan fingerprint density at radius 1 is 0.969 bits per heavy atom. The number of amides is 1. The fourth-order valence-electron chi connectivity index (χ4n) is 4.41. The van der Waals surface area contributed by atoms with Gasteiger partial charge in [-0.25, -0.2) is 9.59 Å². The van der Waals surface area contributed by atoms with Crippen LogP contribution in [0.1, 0.15) is 22.3 Å². The molecule has 6 heteroatoms. The van der Waals surface area contributed by atoms with E-state index < -0.39 is 18.1 Å². The van der Waals surface area contributed by atoms with Crippen LogP contribution < -0.4 is 5.32 Å². The zero-order valence-corrected chi connectivity index (χ0v) is 17.3. The standard InChI is InChI=1S/C26H22N2O4/c29-25(30)24(13-18-14-27-23-11-4-3-9-20(18)23)28-26(31)32-15-17-7-5-10-21-19-8-2-1-6-16(19)12-22(17)21/h1-11,14,24,27H,12-13,15H2,(H,28,31)(H,29,30)/t24-/m0/s1. The van der Waals surface area contributed by atoms with Crippen molar-refractivity contribution in [3.8, 4) is 11.1 Å². The van der Waals surface area contributed by atoms with Crippen LogP contribution in [0.3, 0.4) is 0 Å². The summed E-state index contributed by atoms with van der Waals surface area (Å²) in [7, 11) is 0. The summed E-state index contributed by atoms with van der Waals surface area (Å²) in [6.07, 6.45) is 1.99. The van der Waals surface area contributed by atoms with Crippen LogP contribution in [0.15, 0.2) is 72.9 Å². The Kier molecular flexibility index (Phi) is 5.11. The van der Waals surface area contributed by atoms with Gasteiger partial charge in [-0.1, -0.05) is 60.7 Å². The topological polar surface area (TPSA) is 91.4 Å². The minimum absolute atomic E-state index is 0.0857. The lowest BCUT2D eigenvalue weighted by molar-refractivity contribution is -0.139. The first kappa shape index (κ1) is 19.9. The fourth-order valence-corrected chi connectivity index (χ4v) is 4.41. The summed E-state index contributed by atoms with van der Waals surface area (Å²) in [4.78, 5) is 27.3. The Labute approximate surface area is 184 Å². The van der Waals surface area contributed by atoms with Crippen molar-refractivity contribution in [3.63, 3.8) is 0 Å². The van der Waals surface area contributed by atoms with Gasteiger partial charge in [0.2, 0.25) is 0 Å². The van der Waals surface area contributed by atoms with Crippen LogP contribution in [0.5, 0.6) is 0 Å². The number of carboxylic acid groups (broad SMARTS) is 1. The minimum atomic E-state index is -1.11. The van der Waals surface area contributed by atoms with Gasteiger partial charge in [0.1, 0.15) is 12.6 Å². The Bertz CT molecular complexity index is 1320. The average molecular weight is 426 g/mol. The molecule has 0 fully saturated rings. The molecule has 0 saturated heterocycles. The molecule has 1 aliphatic carbocycles. The molecule has 0 saturated carbocycles. The van der Waals surface area contributed by atoms with Gasteiger partial charge in [0.25, 0.3) is 0 Å². The molecule has 3 aromatic carbocycles. The van der Waals surface area contributed by atoms with E-state index in [-0.39, 0.29) is 13.0 Å². The molecule has 1 amide bonds. The van der Waals surface area contributed by atoms with E-state index in [1.165, 1.54) is 11.1 Å². The van der Waals surface area contributed by atoms with Crippen molar-refractivity contribution in [1.82, 2.24) is 10.3 Å². The number of alkyl carbamates (subject to hydrolysis) is 1. The highest BCUT2D eigenvalue weighted by Crippen LogP contribution is 2.38. The summed E-state index contributed by atoms with van der Waals surface area (Å²) in [5.41, 5.74) is 7.44. The van der Waals surface area contributed by atoms with Crippen LogP contribution in [0, 0.1) is 0 Å². The van der Waals surface area contributed by atoms with Gasteiger partial charge >= 0.3 is 12.1 Å². The number of aliphatic carboxylic acids is 1. The van der Waals surface area contributed by atoms with Crippen LogP contribution in [-0.4, -0.2) is 28.2 Å². The SMILES string of the molecule is O=C(N[C@@H](Cc1c[nH]c2ccccc12)C(=O)O)OCc1cccc2c1Cc1ccccc1-2. The molecule has 1 atom stereocenters. The molecule has 160 valence electrons. The number of rotatable bonds is 6. The summed E-state index contributed by atoms with van der Waals surface area (Å²) in [5.74, 6) is -1.11. The van der Waals surface area contributed by atoms with E-state index in [1.54, 1.807) is 6.20 Å². The Balaban J connectivity index is 1.26. The minimum Gasteiger partial charge on any atom is -0.480 e. The van der Waals surface area contributed by atoms with E-state index in [4.69, 9.17) is 4.74 Å². The number of H-pyrrole nitrogens is 1. The van der Waals surface area contributed by atoms with Gasteiger partial charge in [0.05, 0.1) is 0 Å². The number of hydrogen-bond acceptors (Lipinski definition) is 3. The van der Waals surface area contributed by atoms with Crippen LogP contribution in [0.4, 0.5) is 4.79 Å². The van der Waals surface area contributed by atoms with Gasteiger partial charge in [0, 0.05) is 23.5 Å². The van der Waals surface area contributed by atoms with Gasteiger partial charge in [-0.2, -0.15) is 0 Å². The van der Waals surface area contributed by atoms with Crippen molar-refractivity contribution in [3.05, 3.63) is 95.2 Å². The van der Waals surface area contributed by atoms with Crippen LogP contribution >= 0.6 is 0 Å². The van der Waals surface area contributed by atoms with Gasteiger partial charge in [0.15, 0.2) is 0 Å². The maximum atomic E-state index is 12.4. The predicted octanol–water partition coefficient (Wildman–Crippen LogP) is 4.66. The quantitative estimate of drug-likeness (QED) is 0.368. The molecule has 4 aromatic rings. The third-order valence-electron chi connectivity index (χ3n) is 6.00. The lowest BCUT2D eigenvalue weighted by atomic mass is 10.0. The second kappa shape index (κ2) is 8.23. The molecule has 5 rings (SSSR count). The zero-order chi connectivity index (χ0) is 22.1. The number of carbonyl (C=O) groups is 2. The second-order valence-corrected chi connectivity index (χ2v) is 7.95. The Morgan fingerprint density at radius 3 is 2.62 bits per heavy atom. The largest absolute Gasteiger partial charge is 0.480 e. The molecular formula is C26H22N2O4. The van der Waals surface area contributed by atoms with E-state index in [9.17, 15) is 14.7 Å². The maximum absolute atomic E-state index is 12.4. The summed E-state index contributed by atoms with van der Waals surface area (Å²) < 4.78 is 5.42. The van der Waals surface area contributed by atoms with Crippen molar-refractivity contribution in [1.29, 1.82) is 0 Å². The number of hydrogen-bond donors (Lipinski definition) is 3. The van der Waals surface area contributed by atoms with E-state index >= 15 is 0 Å². The normalized spacial score (nSPS) is 12.8. The summed E-state index contributed by atoms with van der Waals surface area (Å²) in [6, 6.07) is 20.8. The molecular weight excluding hydrogens is 404 g/mol. The lowest BCUT2D eigenvalue weighted by Gasteiger charge is -2.15. The average Bonchev–Trinajstić information content (AvgIpc) is 3.39. The van der Waals surface area contributed by atoms with Crippen LogP contribution in [0.25, 0.3) is 22.0 Å². The number of ether oxygens (including phenoxy) is 1. The Hall–Kier alpha value is -4.06. The van der Waals surface area contributed by atoms with Crippen molar-refractivity contribution < 1.29 is 19.4 Å². The van der Waals surface area contributed by atoms with Crippen molar-refractivity contribution in [2.24, 2.45) is 0 Å². The van der Waals surface area contributed by atoms with E-state index in [1.807, 2.05) is 48.5 Å². The lowest BCUT2D eigenvalue weighted by Crippen LogP contribution is -2.42. The van der Waals surface area contributed by atoms with E-state index in [2.05, 4.69) is 28.5 Å². The summed E-state index contributed by atoms with van der Waals surface area (Å²) in [5, 5.41) is 13.1. The molecule has 0 spiro atoms. The summed E-state index contributed by atoms with van der Waals surface area (Å²) >= 11 is 0. The molecule has 0 bridgehead atoms. The first-order valence-electron chi connectivity index (χ1n) is 10.5. The number of nitrogens with one attached hydrogen (secondary N) is 2. The highest BCUT2D eigenvalue weighted by Gasteiger charge is 2.24. The van der Waals surface area contributed by atoms with Crippen molar-refractivity contribution >= 4 is 23.0 Å². The molecule has 3 N–H and O–H groups in total. The van der Waals surface area contributed by atoms with Gasteiger partial charge < -0.3 is 20.1 Å². The number of aromatic amines is 1. The van der Waals surface area contributed by atoms with Gasteiger partial charge in [-0.3, -0.25) is 0 Å². The summed E-state index contributed by atoms with van der Waals surface area (Å²) in [6.45, 7) is 0.0857. The van der Waals surface area contributed by atoms with E-state index in [0.29, 0.717) is 0 Å². The number of benzene rings is 3. The predicted molar refractivity (Wildman–Crippen MR) is 121 cm³/mol. The maximum Gasteiger partial charge on any atom is 0.408 e. The molecule has 0 unspecified atom stereocenters. The zero-order valence-electron chi connectivity index (χ0n) is 17.3. The Morgan fingerprint density at radius 2 is 1.75 bits per heavy atom. The molecule has 1 aliphatic rings. The fraction of sp³-hybridized carbons (Fsp3) is 0.154. The third-order valence-corrected chi connectivity index (χ3v) is 6.00. The van der Waals surface area contributed by atoms with Crippen LogP contribution in [0.2, 0.25) is 0 Å². The monoisotopic (exact) mass is 426 g/mol. The number of aromatic nitrogens is 1. The molecule has 6 nitrogen and oxygen atoms in total. The first-order valence-corrected chi connectivity index (χ1v) is 10.5. The third kappa shape index (κ3) is 3.71. The number of carbonyl (C=O) groups excluding carboxylic acids is 1. The molecule has 0 radical (unpaired) electrons.